The monoisotopic (exact) mass is 547 g/mol. The Morgan fingerprint density at radius 2 is 1.69 bits per heavy atom. The lowest BCUT2D eigenvalue weighted by Gasteiger charge is -2.37. The number of amides is 4. The van der Waals surface area contributed by atoms with Crippen molar-refractivity contribution in [2.75, 3.05) is 31.5 Å². The standard InChI is InChI=1S/C26H37N5O8/c1-14(2)23(30-22(34)9-27-15(3)4)24(35)28-10-21(33)29-19-7-6-17(13-39-16(5)32)20(8-19)25(36)31-11-18(12-31)26(37)38/h6-8,14-15,18,23,27H,9-13H2,1-5H3,(H,28,35)(H,29,33)(H,30,34)(H,37,38). The van der Waals surface area contributed by atoms with Crippen molar-refractivity contribution in [1.82, 2.24) is 20.9 Å². The number of carbonyl (C=O) groups is 6. The van der Waals surface area contributed by atoms with E-state index in [1.54, 1.807) is 13.8 Å². The van der Waals surface area contributed by atoms with Gasteiger partial charge in [0, 0.05) is 42.9 Å². The number of carboxylic acid groups (broad SMARTS) is 1. The van der Waals surface area contributed by atoms with Gasteiger partial charge in [0.05, 0.1) is 19.0 Å². The maximum absolute atomic E-state index is 13.0. The Bertz CT molecular complexity index is 1100. The van der Waals surface area contributed by atoms with Crippen molar-refractivity contribution in [1.29, 1.82) is 0 Å². The largest absolute Gasteiger partial charge is 0.481 e. The zero-order valence-corrected chi connectivity index (χ0v) is 22.8. The molecule has 13 heteroatoms. The molecule has 1 unspecified atom stereocenters. The van der Waals surface area contributed by atoms with Crippen molar-refractivity contribution in [3.8, 4) is 0 Å². The van der Waals surface area contributed by atoms with E-state index in [0.29, 0.717) is 5.56 Å². The Morgan fingerprint density at radius 1 is 1.03 bits per heavy atom. The van der Waals surface area contributed by atoms with Gasteiger partial charge in [-0.25, -0.2) is 0 Å². The summed E-state index contributed by atoms with van der Waals surface area (Å²) in [5, 5.41) is 19.8. The normalized spacial score (nSPS) is 13.9. The molecule has 0 spiro atoms. The van der Waals surface area contributed by atoms with E-state index in [2.05, 4.69) is 21.3 Å². The van der Waals surface area contributed by atoms with E-state index in [0.717, 1.165) is 0 Å². The molecule has 1 atom stereocenters. The Kier molecular flexibility index (Phi) is 11.4. The lowest BCUT2D eigenvalue weighted by molar-refractivity contribution is -0.146. The van der Waals surface area contributed by atoms with Crippen LogP contribution in [0.1, 0.15) is 50.5 Å². The molecule has 1 aliphatic rings. The van der Waals surface area contributed by atoms with Crippen LogP contribution >= 0.6 is 0 Å². The maximum Gasteiger partial charge on any atom is 0.310 e. The molecule has 0 radical (unpaired) electrons. The fraction of sp³-hybridized carbons (Fsp3) is 0.538. The second-order valence-corrected chi connectivity index (χ2v) is 9.99. The first-order chi connectivity index (χ1) is 18.3. The number of hydrogen-bond acceptors (Lipinski definition) is 8. The molecule has 4 amide bonds. The summed E-state index contributed by atoms with van der Waals surface area (Å²) >= 11 is 0. The van der Waals surface area contributed by atoms with Crippen molar-refractivity contribution in [2.45, 2.75) is 53.3 Å². The van der Waals surface area contributed by atoms with E-state index in [-0.39, 0.29) is 61.9 Å². The average Bonchev–Trinajstić information content (AvgIpc) is 2.82. The van der Waals surface area contributed by atoms with Gasteiger partial charge in [-0.3, -0.25) is 28.8 Å². The molecule has 214 valence electrons. The molecule has 0 saturated carbocycles. The molecule has 1 fully saturated rings. The van der Waals surface area contributed by atoms with Gasteiger partial charge in [-0.1, -0.05) is 33.8 Å². The molecule has 13 nitrogen and oxygen atoms in total. The topological polar surface area (TPSA) is 183 Å². The maximum atomic E-state index is 13.0. The zero-order chi connectivity index (χ0) is 29.3. The minimum Gasteiger partial charge on any atom is -0.481 e. The summed E-state index contributed by atoms with van der Waals surface area (Å²) < 4.78 is 5.02. The van der Waals surface area contributed by atoms with Gasteiger partial charge >= 0.3 is 11.9 Å². The summed E-state index contributed by atoms with van der Waals surface area (Å²) in [7, 11) is 0. The molecule has 1 aromatic rings. The number of rotatable bonds is 13. The molecule has 0 bridgehead atoms. The number of carboxylic acids is 1. The highest BCUT2D eigenvalue weighted by Gasteiger charge is 2.36. The summed E-state index contributed by atoms with van der Waals surface area (Å²) in [5.41, 5.74) is 0.801. The number of ether oxygens (including phenoxy) is 1. The van der Waals surface area contributed by atoms with Crippen molar-refractivity contribution >= 4 is 41.3 Å². The lowest BCUT2D eigenvalue weighted by Crippen LogP contribution is -2.53. The third-order valence-corrected chi connectivity index (χ3v) is 5.93. The number of likely N-dealkylation sites (tertiary alicyclic amines) is 1. The van der Waals surface area contributed by atoms with Crippen LogP contribution in [0.2, 0.25) is 0 Å². The summed E-state index contributed by atoms with van der Waals surface area (Å²) in [6.07, 6.45) is 0. The number of anilines is 1. The molecule has 0 aliphatic carbocycles. The van der Waals surface area contributed by atoms with Crippen molar-refractivity contribution in [3.05, 3.63) is 29.3 Å². The van der Waals surface area contributed by atoms with Crippen LogP contribution in [0, 0.1) is 11.8 Å². The second-order valence-electron chi connectivity index (χ2n) is 9.99. The molecule has 1 heterocycles. The van der Waals surface area contributed by atoms with Crippen molar-refractivity contribution < 1.29 is 38.6 Å². The van der Waals surface area contributed by atoms with Crippen LogP contribution in [-0.2, 0) is 35.3 Å². The van der Waals surface area contributed by atoms with Crippen LogP contribution in [0.4, 0.5) is 5.69 Å². The number of benzene rings is 1. The second kappa shape index (κ2) is 14.2. The minimum absolute atomic E-state index is 0.0465. The van der Waals surface area contributed by atoms with Gasteiger partial charge in [-0.05, 0) is 18.1 Å². The summed E-state index contributed by atoms with van der Waals surface area (Å²) in [4.78, 5) is 74.1. The highest BCUT2D eigenvalue weighted by atomic mass is 16.5. The summed E-state index contributed by atoms with van der Waals surface area (Å²) in [6.45, 7) is 8.15. The fourth-order valence-corrected chi connectivity index (χ4v) is 3.67. The third kappa shape index (κ3) is 9.67. The van der Waals surface area contributed by atoms with Crippen molar-refractivity contribution in [2.24, 2.45) is 11.8 Å². The molecule has 1 aliphatic heterocycles. The molecular formula is C26H37N5O8. The van der Waals surface area contributed by atoms with Crippen LogP contribution in [0.15, 0.2) is 18.2 Å². The predicted octanol–water partition coefficient (Wildman–Crippen LogP) is 0.0998. The van der Waals surface area contributed by atoms with Gasteiger partial charge in [0.25, 0.3) is 5.91 Å². The molecule has 1 saturated heterocycles. The average molecular weight is 548 g/mol. The molecule has 2 rings (SSSR count). The van der Waals surface area contributed by atoms with Crippen LogP contribution in [0.25, 0.3) is 0 Å². The van der Waals surface area contributed by atoms with Gasteiger partial charge in [-0.2, -0.15) is 0 Å². The number of hydrogen-bond donors (Lipinski definition) is 5. The van der Waals surface area contributed by atoms with E-state index in [9.17, 15) is 28.8 Å². The Labute approximate surface area is 227 Å². The zero-order valence-electron chi connectivity index (χ0n) is 22.8. The Hall–Kier alpha value is -4.00. The van der Waals surface area contributed by atoms with E-state index in [1.807, 2.05) is 13.8 Å². The highest BCUT2D eigenvalue weighted by Crippen LogP contribution is 2.24. The fourth-order valence-electron chi connectivity index (χ4n) is 3.67. The third-order valence-electron chi connectivity index (χ3n) is 5.93. The SMILES string of the molecule is CC(=O)OCc1ccc(NC(=O)CNC(=O)C(NC(=O)CNC(C)C)C(C)C)cc1C(=O)N1CC(C(=O)O)C1. The number of aliphatic carboxylic acids is 1. The molecule has 0 aromatic heterocycles. The van der Waals surface area contributed by atoms with Gasteiger partial charge < -0.3 is 36.0 Å². The number of nitrogens with zero attached hydrogens (tertiary/aromatic N) is 1. The summed E-state index contributed by atoms with van der Waals surface area (Å²) in [6, 6.07) is 3.71. The molecular weight excluding hydrogens is 510 g/mol. The Morgan fingerprint density at radius 3 is 2.26 bits per heavy atom. The predicted molar refractivity (Wildman–Crippen MR) is 140 cm³/mol. The van der Waals surface area contributed by atoms with Gasteiger partial charge in [0.1, 0.15) is 12.6 Å². The van der Waals surface area contributed by atoms with Crippen molar-refractivity contribution in [3.63, 3.8) is 0 Å². The van der Waals surface area contributed by atoms with Crippen LogP contribution in [0.5, 0.6) is 0 Å². The quantitative estimate of drug-likeness (QED) is 0.214. The molecule has 5 N–H and O–H groups in total. The number of nitrogens with one attached hydrogen (secondary N) is 4. The van der Waals surface area contributed by atoms with Crippen LogP contribution < -0.4 is 21.3 Å². The molecule has 39 heavy (non-hydrogen) atoms. The van der Waals surface area contributed by atoms with Crippen LogP contribution in [-0.4, -0.2) is 83.8 Å². The number of carbonyl (C=O) groups excluding carboxylic acids is 5. The minimum atomic E-state index is -0.992. The Balaban J connectivity index is 2.03. The van der Waals surface area contributed by atoms with E-state index in [4.69, 9.17) is 9.84 Å². The first-order valence-corrected chi connectivity index (χ1v) is 12.7. The first-order valence-electron chi connectivity index (χ1n) is 12.7. The van der Waals surface area contributed by atoms with Crippen LogP contribution in [0.3, 0.4) is 0 Å². The van der Waals surface area contributed by atoms with Gasteiger partial charge in [0.2, 0.25) is 17.7 Å². The van der Waals surface area contributed by atoms with E-state index < -0.39 is 41.6 Å². The van der Waals surface area contributed by atoms with E-state index >= 15 is 0 Å². The number of esters is 1. The van der Waals surface area contributed by atoms with E-state index in [1.165, 1.54) is 30.0 Å². The van der Waals surface area contributed by atoms with Gasteiger partial charge in [-0.15, -0.1) is 0 Å². The molecule has 1 aromatic carbocycles. The summed E-state index contributed by atoms with van der Waals surface area (Å²) in [5.74, 6) is -4.29. The first kappa shape index (κ1) is 31.2. The smallest absolute Gasteiger partial charge is 0.310 e. The van der Waals surface area contributed by atoms with Gasteiger partial charge in [0.15, 0.2) is 0 Å². The lowest BCUT2D eigenvalue weighted by atomic mass is 9.97. The highest BCUT2D eigenvalue weighted by molar-refractivity contribution is 6.00.